The highest BCUT2D eigenvalue weighted by atomic mass is 16.4. The molecule has 14 N–H and O–H groups in total. The van der Waals surface area contributed by atoms with Gasteiger partial charge in [-0.3, -0.25) is 28.8 Å². The van der Waals surface area contributed by atoms with E-state index in [9.17, 15) is 38.7 Å². The molecule has 0 radical (unpaired) electrons. The van der Waals surface area contributed by atoms with E-state index in [0.29, 0.717) is 19.4 Å². The van der Waals surface area contributed by atoms with Crippen molar-refractivity contribution in [3.63, 3.8) is 0 Å². The van der Waals surface area contributed by atoms with E-state index >= 15 is 0 Å². The molecule has 0 aromatic heterocycles. The molecule has 0 bridgehead atoms. The van der Waals surface area contributed by atoms with Crippen LogP contribution >= 0.6 is 0 Å². The first-order chi connectivity index (χ1) is 16.8. The van der Waals surface area contributed by atoms with Gasteiger partial charge in [0, 0.05) is 12.8 Å². The fourth-order valence-corrected chi connectivity index (χ4v) is 2.97. The number of aliphatic carboxylic acids is 1. The van der Waals surface area contributed by atoms with E-state index in [-0.39, 0.29) is 32.1 Å². The monoisotopic (exact) mass is 516 g/mol. The Labute approximate surface area is 207 Å². The first kappa shape index (κ1) is 32.2. The number of nitrogens with one attached hydrogen (secondary N) is 3. The molecule has 4 unspecified atom stereocenters. The minimum atomic E-state index is -1.58. The van der Waals surface area contributed by atoms with Gasteiger partial charge in [0.25, 0.3) is 0 Å². The third kappa shape index (κ3) is 13.8. The number of amides is 6. The van der Waals surface area contributed by atoms with Crippen LogP contribution in [0.2, 0.25) is 0 Å². The number of carbonyl (C=O) groups excluding carboxylic acids is 6. The van der Waals surface area contributed by atoms with E-state index in [4.69, 9.17) is 28.7 Å². The predicted octanol–water partition coefficient (Wildman–Crippen LogP) is -4.61. The van der Waals surface area contributed by atoms with Gasteiger partial charge in [-0.1, -0.05) is 0 Å². The van der Waals surface area contributed by atoms with Gasteiger partial charge in [0.15, 0.2) is 0 Å². The predicted molar refractivity (Wildman–Crippen MR) is 125 cm³/mol. The van der Waals surface area contributed by atoms with Gasteiger partial charge in [-0.2, -0.15) is 0 Å². The fraction of sp³-hybridized carbons (Fsp3) is 0.650. The van der Waals surface area contributed by atoms with Crippen molar-refractivity contribution in [1.82, 2.24) is 16.0 Å². The topological polar surface area (TPSA) is 306 Å². The van der Waals surface area contributed by atoms with E-state index in [1.807, 2.05) is 0 Å². The lowest BCUT2D eigenvalue weighted by Crippen LogP contribution is -2.57. The lowest BCUT2D eigenvalue weighted by molar-refractivity contribution is -0.142. The summed E-state index contributed by atoms with van der Waals surface area (Å²) in [6, 6.07) is -5.52. The number of carboxylic acids is 1. The van der Waals surface area contributed by atoms with E-state index < -0.39 is 72.0 Å². The molecule has 0 saturated carbocycles. The average Bonchev–Trinajstić information content (AvgIpc) is 2.78. The molecule has 16 heteroatoms. The Balaban J connectivity index is 5.53. The summed E-state index contributed by atoms with van der Waals surface area (Å²) in [5.74, 6) is -6.61. The maximum absolute atomic E-state index is 12.9. The van der Waals surface area contributed by atoms with Crippen LogP contribution in [0.5, 0.6) is 0 Å². The van der Waals surface area contributed by atoms with Gasteiger partial charge < -0.3 is 49.7 Å². The molecule has 0 rings (SSSR count). The zero-order chi connectivity index (χ0) is 27.8. The zero-order valence-electron chi connectivity index (χ0n) is 19.9. The van der Waals surface area contributed by atoms with Crippen LogP contribution in [0.15, 0.2) is 0 Å². The van der Waals surface area contributed by atoms with Gasteiger partial charge in [-0.05, 0) is 38.6 Å². The fourth-order valence-electron chi connectivity index (χ4n) is 2.97. The maximum Gasteiger partial charge on any atom is 0.326 e. The summed E-state index contributed by atoms with van der Waals surface area (Å²) >= 11 is 0. The van der Waals surface area contributed by atoms with Gasteiger partial charge in [0.2, 0.25) is 35.4 Å². The second kappa shape index (κ2) is 16.8. The molecule has 0 aromatic rings. The van der Waals surface area contributed by atoms with Gasteiger partial charge in [0.1, 0.15) is 18.1 Å². The number of unbranched alkanes of at least 4 members (excludes halogenated alkanes) is 1. The summed E-state index contributed by atoms with van der Waals surface area (Å²) in [5, 5.41) is 16.1. The van der Waals surface area contributed by atoms with Gasteiger partial charge in [-0.25, -0.2) is 4.79 Å². The Morgan fingerprint density at radius 2 is 1.14 bits per heavy atom. The molecule has 0 aliphatic rings. The van der Waals surface area contributed by atoms with Crippen molar-refractivity contribution >= 4 is 41.4 Å². The first-order valence-corrected chi connectivity index (χ1v) is 11.2. The minimum Gasteiger partial charge on any atom is -0.480 e. The second-order valence-electron chi connectivity index (χ2n) is 8.09. The lowest BCUT2D eigenvalue weighted by Gasteiger charge is -2.24. The smallest absolute Gasteiger partial charge is 0.326 e. The molecular weight excluding hydrogens is 480 g/mol. The van der Waals surface area contributed by atoms with Gasteiger partial charge >= 0.3 is 5.97 Å². The van der Waals surface area contributed by atoms with E-state index in [2.05, 4.69) is 16.0 Å². The van der Waals surface area contributed by atoms with Crippen LogP contribution in [0.4, 0.5) is 0 Å². The Hall–Kier alpha value is -3.79. The number of hydrogen-bond donors (Lipinski definition) is 9. The molecule has 0 aliphatic heterocycles. The number of primary amides is 3. The number of carboxylic acid groups (broad SMARTS) is 1. The summed E-state index contributed by atoms with van der Waals surface area (Å²) in [6.07, 6.45) is -0.623. The molecular formula is C20H36N8O8. The quantitative estimate of drug-likeness (QED) is 0.0739. The SMILES string of the molecule is NCCCCC(NC(=O)C(CC(N)=O)NC(=O)C(CCC(N)=O)NC(=O)C(N)CCC(N)=O)C(=O)O. The van der Waals surface area contributed by atoms with Crippen molar-refractivity contribution in [1.29, 1.82) is 0 Å². The molecule has 16 nitrogen and oxygen atoms in total. The molecule has 204 valence electrons. The molecule has 0 spiro atoms. The van der Waals surface area contributed by atoms with Crippen LogP contribution in [0.3, 0.4) is 0 Å². The Bertz CT molecular complexity index is 822. The Morgan fingerprint density at radius 1 is 0.639 bits per heavy atom. The highest BCUT2D eigenvalue weighted by Gasteiger charge is 2.31. The third-order valence-electron chi connectivity index (χ3n) is 4.95. The average molecular weight is 517 g/mol. The van der Waals surface area contributed by atoms with Crippen LogP contribution < -0.4 is 44.6 Å². The minimum absolute atomic E-state index is 0.0516. The van der Waals surface area contributed by atoms with Gasteiger partial charge in [0.05, 0.1) is 12.5 Å². The van der Waals surface area contributed by atoms with Crippen LogP contribution in [0.25, 0.3) is 0 Å². The number of hydrogen-bond acceptors (Lipinski definition) is 9. The molecule has 0 fully saturated rings. The summed E-state index contributed by atoms with van der Waals surface area (Å²) in [6.45, 7) is 0.325. The van der Waals surface area contributed by atoms with Crippen LogP contribution in [-0.2, 0) is 33.6 Å². The molecule has 6 amide bonds. The third-order valence-corrected chi connectivity index (χ3v) is 4.95. The summed E-state index contributed by atoms with van der Waals surface area (Å²) < 4.78 is 0. The Kier molecular flexibility index (Phi) is 15.0. The molecule has 4 atom stereocenters. The zero-order valence-corrected chi connectivity index (χ0v) is 19.9. The van der Waals surface area contributed by atoms with Crippen molar-refractivity contribution in [2.45, 2.75) is 75.5 Å². The summed E-state index contributed by atoms with van der Waals surface area (Å²) in [5.41, 5.74) is 26.4. The van der Waals surface area contributed by atoms with Crippen molar-refractivity contribution in [3.05, 3.63) is 0 Å². The van der Waals surface area contributed by atoms with E-state index in [1.54, 1.807) is 0 Å². The summed E-state index contributed by atoms with van der Waals surface area (Å²) in [7, 11) is 0. The van der Waals surface area contributed by atoms with Crippen LogP contribution in [0.1, 0.15) is 51.4 Å². The highest BCUT2D eigenvalue weighted by Crippen LogP contribution is 2.05. The van der Waals surface area contributed by atoms with E-state index in [1.165, 1.54) is 0 Å². The number of rotatable bonds is 19. The van der Waals surface area contributed by atoms with Crippen molar-refractivity contribution in [3.8, 4) is 0 Å². The Morgan fingerprint density at radius 3 is 1.64 bits per heavy atom. The first-order valence-electron chi connectivity index (χ1n) is 11.2. The van der Waals surface area contributed by atoms with Crippen molar-refractivity contribution in [2.24, 2.45) is 28.7 Å². The normalized spacial score (nSPS) is 13.9. The molecule has 0 aliphatic carbocycles. The maximum atomic E-state index is 12.9. The van der Waals surface area contributed by atoms with Crippen LogP contribution in [-0.4, -0.2) is 77.2 Å². The van der Waals surface area contributed by atoms with Gasteiger partial charge in [-0.15, -0.1) is 0 Å². The van der Waals surface area contributed by atoms with Crippen molar-refractivity contribution < 1.29 is 38.7 Å². The standard InChI is InChI=1S/C20H36N8O8/c21-8-2-1-3-12(20(35)36)27-19(34)13(9-16(25)31)28-18(33)11(5-7-15(24)30)26-17(32)10(22)4-6-14(23)29/h10-13H,1-9,21-22H2,(H2,23,29)(H2,24,30)(H2,25,31)(H,26,32)(H,27,34)(H,28,33)(H,35,36). The van der Waals surface area contributed by atoms with Crippen LogP contribution in [0, 0.1) is 0 Å². The van der Waals surface area contributed by atoms with E-state index in [0.717, 1.165) is 0 Å². The van der Waals surface area contributed by atoms with Crippen molar-refractivity contribution in [2.75, 3.05) is 6.54 Å². The number of nitrogens with two attached hydrogens (primary N) is 5. The second-order valence-corrected chi connectivity index (χ2v) is 8.09. The highest BCUT2D eigenvalue weighted by molar-refractivity contribution is 5.96. The largest absolute Gasteiger partial charge is 0.480 e. The molecule has 0 heterocycles. The molecule has 0 saturated heterocycles. The molecule has 0 aromatic carbocycles. The lowest BCUT2D eigenvalue weighted by atomic mass is 10.1. The molecule has 36 heavy (non-hydrogen) atoms. The summed E-state index contributed by atoms with van der Waals surface area (Å²) in [4.78, 5) is 82.9. The number of carbonyl (C=O) groups is 7.